The van der Waals surface area contributed by atoms with Crippen molar-refractivity contribution in [1.29, 1.82) is 0 Å². The Bertz CT molecular complexity index is 675. The first-order valence-electron chi connectivity index (χ1n) is 4.62. The van der Waals surface area contributed by atoms with Crippen LogP contribution in [-0.2, 0) is 7.05 Å². The monoisotopic (exact) mass is 251 g/mol. The van der Waals surface area contributed by atoms with Crippen molar-refractivity contribution in [2.45, 2.75) is 0 Å². The zero-order valence-corrected chi connectivity index (χ0v) is 9.38. The Morgan fingerprint density at radius 1 is 1.35 bits per heavy atom. The van der Waals surface area contributed by atoms with Crippen molar-refractivity contribution in [2.75, 3.05) is 0 Å². The van der Waals surface area contributed by atoms with Crippen LogP contribution in [0, 0.1) is 0 Å². The summed E-state index contributed by atoms with van der Waals surface area (Å²) in [5.41, 5.74) is 0.970. The second-order valence-electron chi connectivity index (χ2n) is 3.20. The van der Waals surface area contributed by atoms with Gasteiger partial charge in [0.15, 0.2) is 5.65 Å². The normalized spacial score (nSPS) is 10.9. The van der Waals surface area contributed by atoms with Gasteiger partial charge in [0.25, 0.3) is 5.88 Å². The highest BCUT2D eigenvalue weighted by atomic mass is 35.5. The van der Waals surface area contributed by atoms with Crippen molar-refractivity contribution >= 4 is 22.8 Å². The zero-order chi connectivity index (χ0) is 11.8. The SMILES string of the molecule is Cn1cnc(Oc2nc(Cl)nc3nc[nH]c23)n1. The minimum Gasteiger partial charge on any atom is -0.402 e. The lowest BCUT2D eigenvalue weighted by Gasteiger charge is -2.00. The highest BCUT2D eigenvalue weighted by molar-refractivity contribution is 6.28. The van der Waals surface area contributed by atoms with Crippen LogP contribution in [0.4, 0.5) is 0 Å². The molecule has 3 aromatic heterocycles. The lowest BCUT2D eigenvalue weighted by atomic mass is 10.5. The van der Waals surface area contributed by atoms with E-state index >= 15 is 0 Å². The quantitative estimate of drug-likeness (QED) is 0.681. The van der Waals surface area contributed by atoms with Gasteiger partial charge in [-0.2, -0.15) is 15.0 Å². The van der Waals surface area contributed by atoms with Gasteiger partial charge in [-0.05, 0) is 11.6 Å². The maximum atomic E-state index is 5.75. The molecular weight excluding hydrogens is 246 g/mol. The van der Waals surface area contributed by atoms with Crippen LogP contribution in [0.5, 0.6) is 11.9 Å². The van der Waals surface area contributed by atoms with Gasteiger partial charge in [0.1, 0.15) is 11.8 Å². The van der Waals surface area contributed by atoms with Crippen molar-refractivity contribution in [3.05, 3.63) is 17.9 Å². The van der Waals surface area contributed by atoms with E-state index in [-0.39, 0.29) is 17.2 Å². The number of aromatic nitrogens is 7. The van der Waals surface area contributed by atoms with E-state index in [9.17, 15) is 0 Å². The number of nitrogens with zero attached hydrogens (tertiary/aromatic N) is 6. The van der Waals surface area contributed by atoms with E-state index in [1.807, 2.05) is 0 Å². The van der Waals surface area contributed by atoms with E-state index in [4.69, 9.17) is 16.3 Å². The Balaban J connectivity index is 2.07. The van der Waals surface area contributed by atoms with Crippen LogP contribution in [0.2, 0.25) is 5.28 Å². The fourth-order valence-corrected chi connectivity index (χ4v) is 1.46. The van der Waals surface area contributed by atoms with Crippen LogP contribution in [-0.4, -0.2) is 34.7 Å². The molecule has 3 aromatic rings. The summed E-state index contributed by atoms with van der Waals surface area (Å²) in [6, 6.07) is 0.179. The number of aryl methyl sites for hydroxylation is 1. The predicted molar refractivity (Wildman–Crippen MR) is 57.8 cm³/mol. The number of ether oxygens (including phenoxy) is 1. The molecule has 0 aromatic carbocycles. The molecule has 0 spiro atoms. The van der Waals surface area contributed by atoms with E-state index in [0.717, 1.165) is 0 Å². The van der Waals surface area contributed by atoms with Crippen molar-refractivity contribution in [1.82, 2.24) is 34.7 Å². The van der Waals surface area contributed by atoms with Gasteiger partial charge in [-0.1, -0.05) is 0 Å². The van der Waals surface area contributed by atoms with Crippen molar-refractivity contribution in [2.24, 2.45) is 7.05 Å². The summed E-state index contributed by atoms with van der Waals surface area (Å²) in [5.74, 6) is 0.240. The topological polar surface area (TPSA) is 94.4 Å². The molecule has 0 aliphatic rings. The number of aromatic amines is 1. The van der Waals surface area contributed by atoms with Crippen LogP contribution in [0.15, 0.2) is 12.7 Å². The average molecular weight is 252 g/mol. The number of hydrogen-bond donors (Lipinski definition) is 1. The Hall–Kier alpha value is -2.22. The first-order valence-corrected chi connectivity index (χ1v) is 5.00. The summed E-state index contributed by atoms with van der Waals surface area (Å²) in [5, 5.41) is 4.02. The Labute approximate surface area is 99.6 Å². The molecule has 0 bridgehead atoms. The average Bonchev–Trinajstić information content (AvgIpc) is 2.87. The molecule has 17 heavy (non-hydrogen) atoms. The van der Waals surface area contributed by atoms with Gasteiger partial charge in [-0.3, -0.25) is 4.68 Å². The van der Waals surface area contributed by atoms with Gasteiger partial charge >= 0.3 is 6.01 Å². The van der Waals surface area contributed by atoms with Gasteiger partial charge in [0, 0.05) is 7.05 Å². The third-order valence-electron chi connectivity index (χ3n) is 1.99. The molecule has 0 aliphatic carbocycles. The number of fused-ring (bicyclic) bond motifs is 1. The van der Waals surface area contributed by atoms with Crippen molar-refractivity contribution < 1.29 is 4.74 Å². The number of hydrogen-bond acceptors (Lipinski definition) is 6. The molecule has 0 aliphatic heterocycles. The van der Waals surface area contributed by atoms with Crippen molar-refractivity contribution in [3.8, 4) is 11.9 Å². The zero-order valence-electron chi connectivity index (χ0n) is 8.62. The minimum atomic E-state index is 0.0514. The van der Waals surface area contributed by atoms with E-state index in [1.165, 1.54) is 17.3 Å². The molecule has 3 rings (SSSR count). The van der Waals surface area contributed by atoms with Crippen LogP contribution in [0.3, 0.4) is 0 Å². The van der Waals surface area contributed by atoms with Crippen LogP contribution >= 0.6 is 11.6 Å². The fourth-order valence-electron chi connectivity index (χ4n) is 1.31. The van der Waals surface area contributed by atoms with E-state index in [2.05, 4.69) is 30.0 Å². The summed E-state index contributed by atoms with van der Waals surface area (Å²) in [6.07, 6.45) is 3.00. The van der Waals surface area contributed by atoms with E-state index in [0.29, 0.717) is 11.2 Å². The number of imidazole rings is 1. The molecule has 0 fully saturated rings. The predicted octanol–water partition coefficient (Wildman–Crippen LogP) is 0.927. The number of nitrogens with one attached hydrogen (secondary N) is 1. The summed E-state index contributed by atoms with van der Waals surface area (Å²) >= 11 is 5.75. The second-order valence-corrected chi connectivity index (χ2v) is 3.54. The van der Waals surface area contributed by atoms with Gasteiger partial charge in [0.05, 0.1) is 6.33 Å². The van der Waals surface area contributed by atoms with Gasteiger partial charge in [-0.25, -0.2) is 4.98 Å². The molecule has 0 saturated carbocycles. The highest BCUT2D eigenvalue weighted by Crippen LogP contribution is 2.23. The first kappa shape index (κ1) is 9.97. The summed E-state index contributed by atoms with van der Waals surface area (Å²) in [4.78, 5) is 18.6. The number of halogens is 1. The summed E-state index contributed by atoms with van der Waals surface area (Å²) < 4.78 is 6.92. The second kappa shape index (κ2) is 3.67. The van der Waals surface area contributed by atoms with E-state index < -0.39 is 0 Å². The van der Waals surface area contributed by atoms with Crippen LogP contribution < -0.4 is 4.74 Å². The molecule has 0 atom stereocenters. The van der Waals surface area contributed by atoms with Crippen LogP contribution in [0.25, 0.3) is 11.2 Å². The maximum absolute atomic E-state index is 5.75. The molecule has 8 nitrogen and oxygen atoms in total. The largest absolute Gasteiger partial charge is 0.402 e. The van der Waals surface area contributed by atoms with Gasteiger partial charge in [0.2, 0.25) is 5.28 Å². The maximum Gasteiger partial charge on any atom is 0.342 e. The van der Waals surface area contributed by atoms with E-state index in [1.54, 1.807) is 7.05 Å². The Morgan fingerprint density at radius 2 is 2.24 bits per heavy atom. The molecule has 86 valence electrons. The van der Waals surface area contributed by atoms with Gasteiger partial charge in [-0.15, -0.1) is 5.10 Å². The molecule has 9 heteroatoms. The van der Waals surface area contributed by atoms with Gasteiger partial charge < -0.3 is 9.72 Å². The third-order valence-corrected chi connectivity index (χ3v) is 2.16. The first-order chi connectivity index (χ1) is 8.22. The summed E-state index contributed by atoms with van der Waals surface area (Å²) in [6.45, 7) is 0. The molecule has 3 heterocycles. The van der Waals surface area contributed by atoms with Crippen molar-refractivity contribution in [3.63, 3.8) is 0 Å². The lowest BCUT2D eigenvalue weighted by molar-refractivity contribution is 0.426. The summed E-state index contributed by atoms with van der Waals surface area (Å²) in [7, 11) is 1.73. The smallest absolute Gasteiger partial charge is 0.342 e. The van der Waals surface area contributed by atoms with Crippen LogP contribution in [0.1, 0.15) is 0 Å². The minimum absolute atomic E-state index is 0.0514. The highest BCUT2D eigenvalue weighted by Gasteiger charge is 2.12. The number of rotatable bonds is 2. The third kappa shape index (κ3) is 1.78. The standard InChI is InChI=1S/C8H6ClN7O/c1-16-3-12-8(15-16)17-6-4-5(11-2-10-4)13-7(9)14-6/h2-3H,1H3,(H,10,11,13,14). The molecule has 0 unspecified atom stereocenters. The Kier molecular flexibility index (Phi) is 2.15. The molecule has 1 N–H and O–H groups in total. The molecular formula is C8H6ClN7O. The molecule has 0 amide bonds. The number of H-pyrrole nitrogens is 1. The fraction of sp³-hybridized carbons (Fsp3) is 0.125. The molecule has 0 radical (unpaired) electrons. The lowest BCUT2D eigenvalue weighted by Crippen LogP contribution is -1.95. The Morgan fingerprint density at radius 3 is 3.00 bits per heavy atom. The molecule has 0 saturated heterocycles.